The molecule has 1 aromatic carbocycles. The Bertz CT molecular complexity index is 592. The number of hydrogen-bond acceptors (Lipinski definition) is 4. The first kappa shape index (κ1) is 12.7. The third-order valence-electron chi connectivity index (χ3n) is 2.04. The van der Waals surface area contributed by atoms with Gasteiger partial charge in [-0.3, -0.25) is 0 Å². The van der Waals surface area contributed by atoms with Gasteiger partial charge in [0.15, 0.2) is 0 Å². The summed E-state index contributed by atoms with van der Waals surface area (Å²) in [5.41, 5.74) is 6.73. The SMILES string of the molecule is Nc1nc(O)c(I)c(-c2ccc(Cl)c(Cl)c2)n1. The van der Waals surface area contributed by atoms with E-state index in [0.29, 0.717) is 24.9 Å². The fraction of sp³-hybridized carbons (Fsp3) is 0. The molecule has 7 heteroatoms. The smallest absolute Gasteiger partial charge is 0.230 e. The van der Waals surface area contributed by atoms with Crippen LogP contribution < -0.4 is 5.73 Å². The summed E-state index contributed by atoms with van der Waals surface area (Å²) in [4.78, 5) is 7.73. The molecule has 0 fully saturated rings. The molecule has 2 aromatic rings. The van der Waals surface area contributed by atoms with Crippen LogP contribution in [0.25, 0.3) is 11.3 Å². The Morgan fingerprint density at radius 3 is 2.53 bits per heavy atom. The Balaban J connectivity index is 2.64. The van der Waals surface area contributed by atoms with Crippen molar-refractivity contribution in [1.82, 2.24) is 9.97 Å². The highest BCUT2D eigenvalue weighted by Crippen LogP contribution is 2.32. The van der Waals surface area contributed by atoms with E-state index in [2.05, 4.69) is 9.97 Å². The monoisotopic (exact) mass is 381 g/mol. The van der Waals surface area contributed by atoms with Crippen LogP contribution in [-0.4, -0.2) is 15.1 Å². The van der Waals surface area contributed by atoms with Crippen LogP contribution >= 0.6 is 45.8 Å². The number of halogens is 3. The van der Waals surface area contributed by atoms with Gasteiger partial charge in [0.1, 0.15) is 3.57 Å². The van der Waals surface area contributed by atoms with E-state index in [1.54, 1.807) is 18.2 Å². The van der Waals surface area contributed by atoms with E-state index in [0.717, 1.165) is 0 Å². The summed E-state index contributed by atoms with van der Waals surface area (Å²) in [6.07, 6.45) is 0. The highest BCUT2D eigenvalue weighted by atomic mass is 127. The van der Waals surface area contributed by atoms with Crippen LogP contribution in [-0.2, 0) is 0 Å². The van der Waals surface area contributed by atoms with Gasteiger partial charge in [-0.1, -0.05) is 29.3 Å². The molecule has 0 aliphatic rings. The number of benzene rings is 1. The van der Waals surface area contributed by atoms with Crippen molar-refractivity contribution in [2.75, 3.05) is 5.73 Å². The van der Waals surface area contributed by atoms with Crippen LogP contribution in [0.5, 0.6) is 5.88 Å². The molecule has 0 aliphatic carbocycles. The van der Waals surface area contributed by atoms with Gasteiger partial charge < -0.3 is 10.8 Å². The average Bonchev–Trinajstić information content (AvgIpc) is 2.27. The Hall–Kier alpha value is -0.790. The number of hydrogen-bond donors (Lipinski definition) is 2. The molecule has 1 heterocycles. The second kappa shape index (κ2) is 4.83. The van der Waals surface area contributed by atoms with Crippen molar-refractivity contribution >= 4 is 51.7 Å². The standard InChI is InChI=1S/C10H6Cl2IN3O/c11-5-2-1-4(3-6(5)12)8-7(13)9(17)16-10(14)15-8/h1-3H,(H3,14,15,16,17). The quantitative estimate of drug-likeness (QED) is 0.743. The first-order valence-electron chi connectivity index (χ1n) is 4.46. The second-order valence-electron chi connectivity index (χ2n) is 3.20. The van der Waals surface area contributed by atoms with Gasteiger partial charge in [-0.25, -0.2) is 4.98 Å². The maximum atomic E-state index is 9.57. The number of rotatable bonds is 1. The molecule has 0 radical (unpaired) electrons. The number of nitrogens with zero attached hydrogens (tertiary/aromatic N) is 2. The van der Waals surface area contributed by atoms with Crippen LogP contribution in [0, 0.1) is 3.57 Å². The largest absolute Gasteiger partial charge is 0.492 e. The van der Waals surface area contributed by atoms with Crippen LogP contribution in [0.2, 0.25) is 10.0 Å². The van der Waals surface area contributed by atoms with Gasteiger partial charge in [-0.15, -0.1) is 0 Å². The van der Waals surface area contributed by atoms with Gasteiger partial charge in [0.05, 0.1) is 15.7 Å². The van der Waals surface area contributed by atoms with Crippen molar-refractivity contribution in [3.05, 3.63) is 31.8 Å². The number of aromatic nitrogens is 2. The van der Waals surface area contributed by atoms with Gasteiger partial charge in [-0.05, 0) is 34.7 Å². The van der Waals surface area contributed by atoms with Gasteiger partial charge in [0.25, 0.3) is 0 Å². The Morgan fingerprint density at radius 2 is 1.88 bits per heavy atom. The van der Waals surface area contributed by atoms with E-state index in [4.69, 9.17) is 28.9 Å². The van der Waals surface area contributed by atoms with Crippen molar-refractivity contribution in [3.8, 4) is 17.1 Å². The topological polar surface area (TPSA) is 72.0 Å². The molecule has 0 aliphatic heterocycles. The summed E-state index contributed by atoms with van der Waals surface area (Å²) in [6, 6.07) is 5.06. The molecule has 0 bridgehead atoms. The van der Waals surface area contributed by atoms with E-state index in [1.807, 2.05) is 22.6 Å². The molecule has 3 N–H and O–H groups in total. The summed E-state index contributed by atoms with van der Waals surface area (Å²) >= 11 is 13.7. The Morgan fingerprint density at radius 1 is 1.18 bits per heavy atom. The van der Waals surface area contributed by atoms with Crippen molar-refractivity contribution in [2.45, 2.75) is 0 Å². The molecule has 0 saturated carbocycles. The number of nitrogen functional groups attached to an aromatic ring is 1. The highest BCUT2D eigenvalue weighted by molar-refractivity contribution is 14.1. The molecule has 0 spiro atoms. The van der Waals surface area contributed by atoms with Crippen molar-refractivity contribution in [3.63, 3.8) is 0 Å². The Labute approximate surface area is 121 Å². The van der Waals surface area contributed by atoms with Gasteiger partial charge in [-0.2, -0.15) is 4.98 Å². The van der Waals surface area contributed by atoms with Gasteiger partial charge >= 0.3 is 0 Å². The molecule has 4 nitrogen and oxygen atoms in total. The minimum Gasteiger partial charge on any atom is -0.492 e. The first-order valence-corrected chi connectivity index (χ1v) is 6.30. The minimum absolute atomic E-state index is 0.00369. The lowest BCUT2D eigenvalue weighted by atomic mass is 10.1. The number of anilines is 1. The fourth-order valence-corrected chi connectivity index (χ4v) is 2.14. The van der Waals surface area contributed by atoms with E-state index in [-0.39, 0.29) is 11.8 Å². The Kier molecular flexibility index (Phi) is 3.60. The van der Waals surface area contributed by atoms with Crippen LogP contribution in [0.4, 0.5) is 5.95 Å². The maximum absolute atomic E-state index is 9.57. The molecule has 0 saturated heterocycles. The summed E-state index contributed by atoms with van der Waals surface area (Å²) in [5, 5.41) is 10.4. The van der Waals surface area contributed by atoms with E-state index >= 15 is 0 Å². The van der Waals surface area contributed by atoms with Crippen molar-refractivity contribution in [1.29, 1.82) is 0 Å². The van der Waals surface area contributed by atoms with Crippen molar-refractivity contribution in [2.24, 2.45) is 0 Å². The molecule has 0 amide bonds. The lowest BCUT2D eigenvalue weighted by Gasteiger charge is -2.07. The van der Waals surface area contributed by atoms with Crippen LogP contribution in [0.3, 0.4) is 0 Å². The summed E-state index contributed by atoms with van der Waals surface area (Å²) in [6.45, 7) is 0. The van der Waals surface area contributed by atoms with Crippen LogP contribution in [0.1, 0.15) is 0 Å². The normalized spacial score (nSPS) is 10.5. The predicted octanol–water partition coefficient (Wildman–Crippen LogP) is 3.34. The molecule has 88 valence electrons. The molecule has 0 unspecified atom stereocenters. The molecule has 17 heavy (non-hydrogen) atoms. The summed E-state index contributed by atoms with van der Waals surface area (Å²) in [5.74, 6) is -0.150. The van der Waals surface area contributed by atoms with E-state index in [9.17, 15) is 5.11 Å². The third kappa shape index (κ3) is 2.56. The first-order chi connectivity index (χ1) is 7.99. The molecule has 1 aromatic heterocycles. The highest BCUT2D eigenvalue weighted by Gasteiger charge is 2.13. The van der Waals surface area contributed by atoms with Gasteiger partial charge in [0.2, 0.25) is 11.8 Å². The van der Waals surface area contributed by atoms with Crippen molar-refractivity contribution < 1.29 is 5.11 Å². The average molecular weight is 382 g/mol. The van der Waals surface area contributed by atoms with Gasteiger partial charge in [0, 0.05) is 5.56 Å². The minimum atomic E-state index is -0.154. The zero-order valence-electron chi connectivity index (χ0n) is 8.28. The zero-order chi connectivity index (χ0) is 12.6. The molecular weight excluding hydrogens is 376 g/mol. The zero-order valence-corrected chi connectivity index (χ0v) is 12.0. The fourth-order valence-electron chi connectivity index (χ4n) is 1.29. The lowest BCUT2D eigenvalue weighted by molar-refractivity contribution is 0.449. The van der Waals surface area contributed by atoms with E-state index < -0.39 is 0 Å². The predicted molar refractivity (Wildman–Crippen MR) is 76.3 cm³/mol. The molecular formula is C10H6Cl2IN3O. The molecule has 0 atom stereocenters. The third-order valence-corrected chi connectivity index (χ3v) is 3.78. The lowest BCUT2D eigenvalue weighted by Crippen LogP contribution is -1.99. The van der Waals surface area contributed by atoms with E-state index in [1.165, 1.54) is 0 Å². The van der Waals surface area contributed by atoms with Crippen LogP contribution in [0.15, 0.2) is 18.2 Å². The number of nitrogens with two attached hydrogens (primary N) is 1. The summed E-state index contributed by atoms with van der Waals surface area (Å²) < 4.78 is 0.509. The summed E-state index contributed by atoms with van der Waals surface area (Å²) in [7, 11) is 0. The maximum Gasteiger partial charge on any atom is 0.230 e. The second-order valence-corrected chi connectivity index (χ2v) is 5.09. The molecule has 2 rings (SSSR count). The number of aromatic hydroxyl groups is 1.